The number of aryl methyl sites for hydroxylation is 1. The molecule has 0 radical (unpaired) electrons. The summed E-state index contributed by atoms with van der Waals surface area (Å²) in [5.74, 6) is -0.0500. The lowest BCUT2D eigenvalue weighted by Crippen LogP contribution is -2.26. The predicted octanol–water partition coefficient (Wildman–Crippen LogP) is 3.18. The molecule has 1 atom stereocenters. The molecule has 0 saturated carbocycles. The summed E-state index contributed by atoms with van der Waals surface area (Å²) in [7, 11) is 0. The molecular weight excluding hydrogens is 270 g/mol. The number of thiazole rings is 1. The van der Waals surface area contributed by atoms with Crippen LogP contribution in [0, 0.1) is 6.92 Å². The minimum atomic E-state index is -0.0839. The summed E-state index contributed by atoms with van der Waals surface area (Å²) >= 11 is 1.62. The van der Waals surface area contributed by atoms with Crippen molar-refractivity contribution in [3.63, 3.8) is 0 Å². The molecule has 0 fully saturated rings. The number of hydrogen-bond donors (Lipinski definition) is 2. The van der Waals surface area contributed by atoms with Crippen molar-refractivity contribution in [2.24, 2.45) is 5.73 Å². The van der Waals surface area contributed by atoms with Crippen molar-refractivity contribution in [3.05, 3.63) is 34.7 Å². The molecule has 1 aromatic carbocycles. The first-order valence-corrected chi connectivity index (χ1v) is 7.54. The fourth-order valence-corrected chi connectivity index (χ4v) is 2.47. The smallest absolute Gasteiger partial charge is 0.225 e. The van der Waals surface area contributed by atoms with Gasteiger partial charge in [-0.3, -0.25) is 4.79 Å². The number of nitrogens with zero attached hydrogens (tertiary/aromatic N) is 1. The number of benzene rings is 1. The monoisotopic (exact) mass is 289 g/mol. The van der Waals surface area contributed by atoms with Gasteiger partial charge in [-0.2, -0.15) is 0 Å². The maximum atomic E-state index is 11.8. The number of aromatic nitrogens is 1. The predicted molar refractivity (Wildman–Crippen MR) is 83.8 cm³/mol. The van der Waals surface area contributed by atoms with Crippen molar-refractivity contribution in [2.45, 2.75) is 32.7 Å². The molecule has 0 aliphatic carbocycles. The SMILES string of the molecule is CCC(N)CC(=O)Nc1cccc(-c2csc(C)n2)c1. The Morgan fingerprint density at radius 1 is 1.50 bits per heavy atom. The van der Waals surface area contributed by atoms with Crippen LogP contribution in [0.2, 0.25) is 0 Å². The van der Waals surface area contributed by atoms with Gasteiger partial charge in [0.2, 0.25) is 5.91 Å². The minimum Gasteiger partial charge on any atom is -0.327 e. The van der Waals surface area contributed by atoms with Gasteiger partial charge in [0.25, 0.3) is 0 Å². The van der Waals surface area contributed by atoms with Gasteiger partial charge >= 0.3 is 0 Å². The van der Waals surface area contributed by atoms with Gasteiger partial charge in [-0.15, -0.1) is 11.3 Å². The van der Waals surface area contributed by atoms with Crippen molar-refractivity contribution in [3.8, 4) is 11.3 Å². The Morgan fingerprint density at radius 2 is 2.30 bits per heavy atom. The van der Waals surface area contributed by atoms with E-state index in [1.165, 1.54) is 0 Å². The average molecular weight is 289 g/mol. The number of rotatable bonds is 5. The lowest BCUT2D eigenvalue weighted by Gasteiger charge is -2.10. The van der Waals surface area contributed by atoms with Gasteiger partial charge in [0.15, 0.2) is 0 Å². The number of nitrogens with two attached hydrogens (primary N) is 1. The molecule has 0 spiro atoms. The van der Waals surface area contributed by atoms with Crippen molar-refractivity contribution in [2.75, 3.05) is 5.32 Å². The number of nitrogens with one attached hydrogen (secondary N) is 1. The van der Waals surface area contributed by atoms with Gasteiger partial charge in [0, 0.05) is 29.1 Å². The van der Waals surface area contributed by atoms with Crippen LogP contribution in [0.25, 0.3) is 11.3 Å². The van der Waals surface area contributed by atoms with Crippen molar-refractivity contribution < 1.29 is 4.79 Å². The Morgan fingerprint density at radius 3 is 2.95 bits per heavy atom. The summed E-state index contributed by atoms with van der Waals surface area (Å²) in [5.41, 5.74) is 8.51. The van der Waals surface area contributed by atoms with Crippen LogP contribution in [-0.4, -0.2) is 16.9 Å². The number of carbonyl (C=O) groups is 1. The van der Waals surface area contributed by atoms with E-state index in [0.29, 0.717) is 6.42 Å². The molecule has 5 heteroatoms. The highest BCUT2D eigenvalue weighted by Crippen LogP contribution is 2.24. The highest BCUT2D eigenvalue weighted by Gasteiger charge is 2.09. The van der Waals surface area contributed by atoms with E-state index in [1.54, 1.807) is 11.3 Å². The zero-order valence-electron chi connectivity index (χ0n) is 11.7. The lowest BCUT2D eigenvalue weighted by molar-refractivity contribution is -0.116. The Bertz CT molecular complexity index is 594. The Balaban J connectivity index is 2.08. The highest BCUT2D eigenvalue weighted by molar-refractivity contribution is 7.09. The zero-order chi connectivity index (χ0) is 14.5. The van der Waals surface area contributed by atoms with E-state index in [4.69, 9.17) is 5.73 Å². The Labute approximate surface area is 123 Å². The molecule has 0 aliphatic heterocycles. The first kappa shape index (κ1) is 14.7. The molecule has 20 heavy (non-hydrogen) atoms. The highest BCUT2D eigenvalue weighted by atomic mass is 32.1. The normalized spacial score (nSPS) is 12.2. The van der Waals surface area contributed by atoms with Gasteiger partial charge in [0.05, 0.1) is 10.7 Å². The van der Waals surface area contributed by atoms with Gasteiger partial charge in [-0.05, 0) is 25.5 Å². The maximum absolute atomic E-state index is 11.8. The van der Waals surface area contributed by atoms with Gasteiger partial charge < -0.3 is 11.1 Å². The van der Waals surface area contributed by atoms with E-state index in [2.05, 4.69) is 10.3 Å². The molecule has 1 amide bonds. The van der Waals surface area contributed by atoms with Crippen LogP contribution in [-0.2, 0) is 4.79 Å². The third-order valence-corrected chi connectivity index (χ3v) is 3.81. The number of carbonyl (C=O) groups excluding carboxylic acids is 1. The molecule has 1 unspecified atom stereocenters. The van der Waals surface area contributed by atoms with Crippen molar-refractivity contribution >= 4 is 22.9 Å². The van der Waals surface area contributed by atoms with Crippen LogP contribution in [0.15, 0.2) is 29.6 Å². The largest absolute Gasteiger partial charge is 0.327 e. The number of anilines is 1. The van der Waals surface area contributed by atoms with E-state index < -0.39 is 0 Å². The van der Waals surface area contributed by atoms with E-state index in [-0.39, 0.29) is 11.9 Å². The molecule has 0 aliphatic rings. The van der Waals surface area contributed by atoms with Crippen LogP contribution < -0.4 is 11.1 Å². The summed E-state index contributed by atoms with van der Waals surface area (Å²) in [6, 6.07) is 7.63. The first-order chi connectivity index (χ1) is 9.58. The summed E-state index contributed by atoms with van der Waals surface area (Å²) in [6.45, 7) is 3.95. The molecule has 0 bridgehead atoms. The summed E-state index contributed by atoms with van der Waals surface area (Å²) in [6.07, 6.45) is 1.14. The second-order valence-electron chi connectivity index (χ2n) is 4.75. The average Bonchev–Trinajstić information content (AvgIpc) is 2.85. The van der Waals surface area contributed by atoms with E-state index in [1.807, 2.05) is 43.5 Å². The quantitative estimate of drug-likeness (QED) is 0.888. The molecule has 2 rings (SSSR count). The number of hydrogen-bond acceptors (Lipinski definition) is 4. The standard InChI is InChI=1S/C15H19N3OS/c1-3-12(16)8-15(19)18-13-6-4-5-11(7-13)14-9-20-10(2)17-14/h4-7,9,12H,3,8,16H2,1-2H3,(H,18,19). The summed E-state index contributed by atoms with van der Waals surface area (Å²) in [4.78, 5) is 16.3. The molecule has 2 aromatic rings. The van der Waals surface area contributed by atoms with Crippen LogP contribution >= 0.6 is 11.3 Å². The topological polar surface area (TPSA) is 68.0 Å². The second kappa shape index (κ2) is 6.63. The third-order valence-electron chi connectivity index (χ3n) is 3.03. The van der Waals surface area contributed by atoms with E-state index in [0.717, 1.165) is 28.4 Å². The second-order valence-corrected chi connectivity index (χ2v) is 5.82. The summed E-state index contributed by atoms with van der Waals surface area (Å²) in [5, 5.41) is 5.93. The van der Waals surface area contributed by atoms with Crippen LogP contribution in [0.1, 0.15) is 24.8 Å². The summed E-state index contributed by atoms with van der Waals surface area (Å²) < 4.78 is 0. The molecule has 1 heterocycles. The molecule has 106 valence electrons. The molecule has 1 aromatic heterocycles. The maximum Gasteiger partial charge on any atom is 0.225 e. The number of amides is 1. The van der Waals surface area contributed by atoms with E-state index >= 15 is 0 Å². The van der Waals surface area contributed by atoms with Crippen molar-refractivity contribution in [1.82, 2.24) is 4.98 Å². The lowest BCUT2D eigenvalue weighted by atomic mass is 10.1. The molecule has 3 N–H and O–H groups in total. The van der Waals surface area contributed by atoms with E-state index in [9.17, 15) is 4.79 Å². The van der Waals surface area contributed by atoms with Crippen LogP contribution in [0.4, 0.5) is 5.69 Å². The van der Waals surface area contributed by atoms with Gasteiger partial charge in [-0.25, -0.2) is 4.98 Å². The van der Waals surface area contributed by atoms with Gasteiger partial charge in [0.1, 0.15) is 0 Å². The first-order valence-electron chi connectivity index (χ1n) is 6.66. The van der Waals surface area contributed by atoms with Crippen LogP contribution in [0.3, 0.4) is 0 Å². The van der Waals surface area contributed by atoms with Crippen LogP contribution in [0.5, 0.6) is 0 Å². The fraction of sp³-hybridized carbons (Fsp3) is 0.333. The Kier molecular flexibility index (Phi) is 4.87. The fourth-order valence-electron chi connectivity index (χ4n) is 1.85. The minimum absolute atomic E-state index is 0.0500. The molecule has 4 nitrogen and oxygen atoms in total. The third kappa shape index (κ3) is 3.88. The molecule has 0 saturated heterocycles. The zero-order valence-corrected chi connectivity index (χ0v) is 12.5. The Hall–Kier alpha value is -1.72. The van der Waals surface area contributed by atoms with Gasteiger partial charge in [-0.1, -0.05) is 19.1 Å². The van der Waals surface area contributed by atoms with Crippen molar-refractivity contribution in [1.29, 1.82) is 0 Å². The molecular formula is C15H19N3OS.